The molecule has 2 heteroatoms. The van der Waals surface area contributed by atoms with Crippen LogP contribution < -0.4 is 4.90 Å². The molecule has 0 saturated heterocycles. The molecule has 0 aliphatic rings. The van der Waals surface area contributed by atoms with E-state index in [1.165, 1.54) is 0 Å². The van der Waals surface area contributed by atoms with E-state index in [9.17, 15) is 5.11 Å². The molecule has 0 saturated carbocycles. The number of terminal acetylenes is 1. The minimum atomic E-state index is -0.972. The van der Waals surface area contributed by atoms with Gasteiger partial charge in [-0.2, -0.15) is 0 Å². The second-order valence-corrected chi connectivity index (χ2v) is 5.46. The lowest BCUT2D eigenvalue weighted by Crippen LogP contribution is -2.47. The van der Waals surface area contributed by atoms with E-state index in [0.29, 0.717) is 6.42 Å². The Hall–Kier alpha value is -2.24. The van der Waals surface area contributed by atoms with Crippen molar-refractivity contribution in [3.63, 3.8) is 0 Å². The summed E-state index contributed by atoms with van der Waals surface area (Å²) >= 11 is 0. The van der Waals surface area contributed by atoms with Crippen molar-refractivity contribution in [1.29, 1.82) is 0 Å². The molecule has 2 aromatic carbocycles. The van der Waals surface area contributed by atoms with Crippen molar-refractivity contribution in [1.82, 2.24) is 0 Å². The summed E-state index contributed by atoms with van der Waals surface area (Å²) in [7, 11) is 0. The van der Waals surface area contributed by atoms with E-state index in [-0.39, 0.29) is 6.04 Å². The molecule has 0 amide bonds. The van der Waals surface area contributed by atoms with Gasteiger partial charge in [0.05, 0.1) is 11.6 Å². The zero-order valence-corrected chi connectivity index (χ0v) is 12.5. The molecular weight excluding hydrogens is 258 g/mol. The van der Waals surface area contributed by atoms with Crippen LogP contribution in [-0.2, 0) is 0 Å². The number of hydrogen-bond acceptors (Lipinski definition) is 2. The number of hydrogen-bond donors (Lipinski definition) is 1. The summed E-state index contributed by atoms with van der Waals surface area (Å²) in [6, 6.07) is 19.9. The van der Waals surface area contributed by atoms with E-state index in [1.54, 1.807) is 6.92 Å². The molecule has 0 radical (unpaired) electrons. The van der Waals surface area contributed by atoms with Gasteiger partial charge >= 0.3 is 0 Å². The quantitative estimate of drug-likeness (QED) is 0.837. The zero-order valence-electron chi connectivity index (χ0n) is 12.5. The first-order chi connectivity index (χ1) is 10.1. The molecule has 2 aromatic rings. The highest BCUT2D eigenvalue weighted by molar-refractivity contribution is 5.64. The summed E-state index contributed by atoms with van der Waals surface area (Å²) in [5, 5.41) is 10.7. The summed E-state index contributed by atoms with van der Waals surface area (Å²) in [6.07, 6.45) is 5.71. The van der Waals surface area contributed by atoms with Crippen LogP contribution in [0.15, 0.2) is 60.7 Å². The third kappa shape index (κ3) is 3.45. The van der Waals surface area contributed by atoms with Gasteiger partial charge in [0.2, 0.25) is 0 Å². The molecule has 0 fully saturated rings. The summed E-state index contributed by atoms with van der Waals surface area (Å²) in [5.74, 6) is 2.57. The Kier molecular flexibility index (Phi) is 4.67. The van der Waals surface area contributed by atoms with Crippen molar-refractivity contribution in [3.05, 3.63) is 60.7 Å². The third-order valence-electron chi connectivity index (χ3n) is 3.82. The van der Waals surface area contributed by atoms with Gasteiger partial charge in [-0.3, -0.25) is 0 Å². The average Bonchev–Trinajstić information content (AvgIpc) is 2.49. The average molecular weight is 279 g/mol. The van der Waals surface area contributed by atoms with E-state index in [0.717, 1.165) is 11.4 Å². The molecule has 2 rings (SSSR count). The fraction of sp³-hybridized carbons (Fsp3) is 0.263. The summed E-state index contributed by atoms with van der Waals surface area (Å²) in [6.45, 7) is 3.79. The monoisotopic (exact) mass is 279 g/mol. The molecule has 2 atom stereocenters. The molecule has 21 heavy (non-hydrogen) atoms. The van der Waals surface area contributed by atoms with Crippen LogP contribution in [0, 0.1) is 12.3 Å². The third-order valence-corrected chi connectivity index (χ3v) is 3.82. The van der Waals surface area contributed by atoms with Crippen molar-refractivity contribution in [2.75, 3.05) is 4.90 Å². The zero-order chi connectivity index (χ0) is 15.3. The normalized spacial score (nSPS) is 14.8. The van der Waals surface area contributed by atoms with Crippen LogP contribution >= 0.6 is 0 Å². The Morgan fingerprint density at radius 3 is 1.86 bits per heavy atom. The smallest absolute Gasteiger partial charge is 0.0931 e. The second-order valence-electron chi connectivity index (χ2n) is 5.46. The van der Waals surface area contributed by atoms with Gasteiger partial charge in [-0.1, -0.05) is 36.4 Å². The molecule has 2 nitrogen and oxygen atoms in total. The van der Waals surface area contributed by atoms with E-state index in [4.69, 9.17) is 6.42 Å². The van der Waals surface area contributed by atoms with Crippen molar-refractivity contribution < 1.29 is 5.11 Å². The summed E-state index contributed by atoms with van der Waals surface area (Å²) in [5.41, 5.74) is 1.10. The minimum absolute atomic E-state index is 0.154. The predicted octanol–water partition coefficient (Wildman–Crippen LogP) is 3.99. The Labute approximate surface area is 127 Å². The lowest BCUT2D eigenvalue weighted by Gasteiger charge is -2.39. The SMILES string of the molecule is C#CC[C@@](C)(O)[C@H](C)N(c1ccccc1)c1ccccc1. The van der Waals surface area contributed by atoms with Gasteiger partial charge in [-0.05, 0) is 38.1 Å². The molecule has 0 bridgehead atoms. The molecule has 0 heterocycles. The molecular formula is C19H21NO. The van der Waals surface area contributed by atoms with E-state index < -0.39 is 5.60 Å². The van der Waals surface area contributed by atoms with Crippen LogP contribution in [0.1, 0.15) is 20.3 Å². The Morgan fingerprint density at radius 1 is 1.05 bits per heavy atom. The highest BCUT2D eigenvalue weighted by atomic mass is 16.3. The molecule has 1 N–H and O–H groups in total. The number of aliphatic hydroxyl groups is 1. The maximum atomic E-state index is 10.7. The summed E-state index contributed by atoms with van der Waals surface area (Å²) < 4.78 is 0. The molecule has 0 unspecified atom stereocenters. The predicted molar refractivity (Wildman–Crippen MR) is 88.6 cm³/mol. The van der Waals surface area contributed by atoms with Crippen molar-refractivity contribution in [3.8, 4) is 12.3 Å². The Balaban J connectivity index is 2.45. The maximum absolute atomic E-state index is 10.7. The second kappa shape index (κ2) is 6.47. The van der Waals surface area contributed by atoms with Gasteiger partial charge < -0.3 is 10.0 Å². The standard InChI is InChI=1S/C19H21NO/c1-4-15-19(3,21)16(2)20(17-11-7-5-8-12-17)18-13-9-6-10-14-18/h1,5-14,16,21H,15H2,2-3H3/t16-,19+/m0/s1. The highest BCUT2D eigenvalue weighted by Crippen LogP contribution is 2.32. The molecule has 0 aromatic heterocycles. The highest BCUT2D eigenvalue weighted by Gasteiger charge is 2.33. The number of nitrogens with zero attached hydrogens (tertiary/aromatic N) is 1. The van der Waals surface area contributed by atoms with Gasteiger partial charge in [-0.15, -0.1) is 12.3 Å². The molecule has 108 valence electrons. The van der Waals surface area contributed by atoms with Crippen molar-refractivity contribution in [2.45, 2.75) is 31.9 Å². The largest absolute Gasteiger partial charge is 0.387 e. The lowest BCUT2D eigenvalue weighted by molar-refractivity contribution is 0.0438. The van der Waals surface area contributed by atoms with Gasteiger partial charge in [0, 0.05) is 17.8 Å². The number of rotatable bonds is 5. The van der Waals surface area contributed by atoms with Crippen LogP contribution in [0.5, 0.6) is 0 Å². The maximum Gasteiger partial charge on any atom is 0.0931 e. The first-order valence-electron chi connectivity index (χ1n) is 7.11. The Bertz CT molecular complexity index is 559. The van der Waals surface area contributed by atoms with Crippen molar-refractivity contribution in [2.24, 2.45) is 0 Å². The lowest BCUT2D eigenvalue weighted by atomic mass is 9.92. The number of benzene rings is 2. The first kappa shape index (κ1) is 15.2. The van der Waals surface area contributed by atoms with Crippen LogP contribution in [0.2, 0.25) is 0 Å². The van der Waals surface area contributed by atoms with E-state index in [1.807, 2.05) is 67.6 Å². The van der Waals surface area contributed by atoms with Crippen molar-refractivity contribution >= 4 is 11.4 Å². The van der Waals surface area contributed by atoms with Crippen LogP contribution in [-0.4, -0.2) is 16.7 Å². The van der Waals surface area contributed by atoms with E-state index >= 15 is 0 Å². The Morgan fingerprint density at radius 2 is 1.48 bits per heavy atom. The molecule has 0 aliphatic carbocycles. The van der Waals surface area contributed by atoms with Gasteiger partial charge in [0.1, 0.15) is 0 Å². The first-order valence-corrected chi connectivity index (χ1v) is 7.11. The fourth-order valence-electron chi connectivity index (χ4n) is 2.41. The number of anilines is 2. The number of para-hydroxylation sites is 2. The van der Waals surface area contributed by atoms with Gasteiger partial charge in [0.15, 0.2) is 0 Å². The molecule has 0 aliphatic heterocycles. The minimum Gasteiger partial charge on any atom is -0.387 e. The molecule has 0 spiro atoms. The van der Waals surface area contributed by atoms with E-state index in [2.05, 4.69) is 10.8 Å². The van der Waals surface area contributed by atoms with Crippen LogP contribution in [0.3, 0.4) is 0 Å². The fourth-order valence-corrected chi connectivity index (χ4v) is 2.41. The van der Waals surface area contributed by atoms with Gasteiger partial charge in [-0.25, -0.2) is 0 Å². The van der Waals surface area contributed by atoms with Crippen LogP contribution in [0.25, 0.3) is 0 Å². The topological polar surface area (TPSA) is 23.5 Å². The summed E-state index contributed by atoms with van der Waals surface area (Å²) in [4.78, 5) is 2.12. The van der Waals surface area contributed by atoms with Gasteiger partial charge in [0.25, 0.3) is 0 Å². The van der Waals surface area contributed by atoms with Crippen LogP contribution in [0.4, 0.5) is 11.4 Å².